The quantitative estimate of drug-likeness (QED) is 0.655. The van der Waals surface area contributed by atoms with Gasteiger partial charge in [-0.15, -0.1) is 0 Å². The topological polar surface area (TPSA) is 73.6 Å². The Kier molecular flexibility index (Phi) is 4.33. The molecule has 23 heavy (non-hydrogen) atoms. The summed E-state index contributed by atoms with van der Waals surface area (Å²) < 4.78 is 0. The highest BCUT2D eigenvalue weighted by atomic mass is 35.5. The van der Waals surface area contributed by atoms with Crippen LogP contribution in [0.5, 0.6) is 0 Å². The number of imidazole rings is 1. The number of fused-ring (bicyclic) bond motifs is 1. The third-order valence-corrected chi connectivity index (χ3v) is 4.32. The van der Waals surface area contributed by atoms with Crippen LogP contribution in [0.2, 0.25) is 10.2 Å². The summed E-state index contributed by atoms with van der Waals surface area (Å²) >= 11 is 11.7. The van der Waals surface area contributed by atoms with Crippen LogP contribution in [-0.4, -0.2) is 20.9 Å². The molecule has 1 atom stereocenters. The van der Waals surface area contributed by atoms with Crippen molar-refractivity contribution in [3.05, 3.63) is 52.0 Å². The molecule has 5 nitrogen and oxygen atoms in total. The van der Waals surface area contributed by atoms with Crippen LogP contribution in [0.1, 0.15) is 36.2 Å². The van der Waals surface area contributed by atoms with Gasteiger partial charge in [-0.3, -0.25) is 4.79 Å². The van der Waals surface area contributed by atoms with Gasteiger partial charge in [-0.1, -0.05) is 49.2 Å². The molecule has 0 saturated carbocycles. The highest BCUT2D eigenvalue weighted by Crippen LogP contribution is 2.25. The highest BCUT2D eigenvalue weighted by Gasteiger charge is 2.23. The zero-order chi connectivity index (χ0) is 16.6. The monoisotopic (exact) mass is 350 g/mol. The molecule has 0 spiro atoms. The smallest absolute Gasteiger partial charge is 0.268 e. The Bertz CT molecular complexity index is 800. The first kappa shape index (κ1) is 15.9. The first-order chi connectivity index (χ1) is 11.0. The number of hydrogen-bond acceptors (Lipinski definition) is 2. The van der Waals surface area contributed by atoms with Gasteiger partial charge < -0.3 is 15.3 Å². The first-order valence-electron chi connectivity index (χ1n) is 7.25. The molecule has 1 aromatic carbocycles. The summed E-state index contributed by atoms with van der Waals surface area (Å²) in [6.45, 7) is 4.04. The van der Waals surface area contributed by atoms with Crippen LogP contribution >= 0.6 is 23.2 Å². The van der Waals surface area contributed by atoms with Crippen molar-refractivity contribution in [2.75, 3.05) is 0 Å². The van der Waals surface area contributed by atoms with Gasteiger partial charge >= 0.3 is 0 Å². The number of carbonyl (C=O) groups is 1. The third-order valence-electron chi connectivity index (χ3n) is 3.63. The lowest BCUT2D eigenvalue weighted by Crippen LogP contribution is -2.32. The molecule has 2 aromatic heterocycles. The van der Waals surface area contributed by atoms with Crippen molar-refractivity contribution in [1.29, 1.82) is 0 Å². The van der Waals surface area contributed by atoms with Gasteiger partial charge in [0.15, 0.2) is 0 Å². The summed E-state index contributed by atoms with van der Waals surface area (Å²) in [5.74, 6) is 0.594. The Morgan fingerprint density at radius 1 is 1.22 bits per heavy atom. The molecule has 7 heteroatoms. The fourth-order valence-corrected chi connectivity index (χ4v) is 2.73. The number of aromatic amines is 2. The molecule has 0 aliphatic heterocycles. The van der Waals surface area contributed by atoms with Crippen LogP contribution in [0.4, 0.5) is 0 Å². The van der Waals surface area contributed by atoms with Crippen LogP contribution in [0.25, 0.3) is 11.0 Å². The minimum Gasteiger partial charge on any atom is -0.341 e. The lowest BCUT2D eigenvalue weighted by Gasteiger charge is -2.20. The van der Waals surface area contributed by atoms with Gasteiger partial charge in [0.25, 0.3) is 5.91 Å². The highest BCUT2D eigenvalue weighted by molar-refractivity contribution is 6.41. The fraction of sp³-hybridized carbons (Fsp3) is 0.250. The molecule has 1 amide bonds. The number of para-hydroxylation sites is 2. The zero-order valence-corrected chi connectivity index (χ0v) is 14.2. The van der Waals surface area contributed by atoms with Gasteiger partial charge in [0, 0.05) is 0 Å². The Morgan fingerprint density at radius 3 is 2.57 bits per heavy atom. The summed E-state index contributed by atoms with van der Waals surface area (Å²) in [7, 11) is 0. The molecule has 0 aliphatic carbocycles. The molecule has 0 fully saturated rings. The van der Waals surface area contributed by atoms with Gasteiger partial charge in [0.05, 0.1) is 22.1 Å². The zero-order valence-electron chi connectivity index (χ0n) is 12.7. The lowest BCUT2D eigenvalue weighted by molar-refractivity contribution is 0.0919. The van der Waals surface area contributed by atoms with Crippen molar-refractivity contribution in [3.63, 3.8) is 0 Å². The summed E-state index contributed by atoms with van der Waals surface area (Å²) in [4.78, 5) is 23.0. The fourth-order valence-electron chi connectivity index (χ4n) is 2.42. The molecule has 0 saturated heterocycles. The number of halogens is 2. The molecule has 1 unspecified atom stereocenters. The van der Waals surface area contributed by atoms with E-state index in [1.165, 1.54) is 6.07 Å². The second-order valence-electron chi connectivity index (χ2n) is 5.68. The molecular weight excluding hydrogens is 335 g/mol. The standard InChI is InChI=1S/C16H16Cl2N4O/c1-8(2)13(15-20-10-5-3-4-6-11(10)21-15)22-16(23)12-7-9(17)14(18)19-12/h3-8,13,19H,1-2H3,(H,20,21)(H,22,23). The van der Waals surface area contributed by atoms with Gasteiger partial charge in [0.1, 0.15) is 16.7 Å². The second kappa shape index (κ2) is 6.26. The Labute approximate surface area is 143 Å². The number of hydrogen-bond donors (Lipinski definition) is 3. The maximum absolute atomic E-state index is 12.4. The normalized spacial score (nSPS) is 12.7. The lowest BCUT2D eigenvalue weighted by atomic mass is 10.0. The average Bonchev–Trinajstić information content (AvgIpc) is 3.08. The summed E-state index contributed by atoms with van der Waals surface area (Å²) in [5, 5.41) is 3.54. The number of H-pyrrole nitrogens is 2. The third kappa shape index (κ3) is 3.21. The molecule has 120 valence electrons. The predicted molar refractivity (Wildman–Crippen MR) is 92.0 cm³/mol. The van der Waals surface area contributed by atoms with Crippen LogP contribution < -0.4 is 5.32 Å². The van der Waals surface area contributed by atoms with Gasteiger partial charge in [-0.2, -0.15) is 0 Å². The number of benzene rings is 1. The molecule has 3 aromatic rings. The van der Waals surface area contributed by atoms with Crippen molar-refractivity contribution < 1.29 is 4.79 Å². The van der Waals surface area contributed by atoms with Gasteiger partial charge in [-0.05, 0) is 24.1 Å². The number of aromatic nitrogens is 3. The van der Waals surface area contributed by atoms with Crippen LogP contribution in [0.3, 0.4) is 0 Å². The Balaban J connectivity index is 1.88. The van der Waals surface area contributed by atoms with Crippen LogP contribution in [0.15, 0.2) is 30.3 Å². The van der Waals surface area contributed by atoms with E-state index in [1.807, 2.05) is 38.1 Å². The van der Waals surface area contributed by atoms with Crippen molar-refractivity contribution >= 4 is 40.1 Å². The SMILES string of the molecule is CC(C)C(NC(=O)c1cc(Cl)c(Cl)[nH]1)c1nc2ccccc2[nH]1. The van der Waals surface area contributed by atoms with Crippen LogP contribution in [-0.2, 0) is 0 Å². The molecule has 2 heterocycles. The van der Waals surface area contributed by atoms with Crippen molar-refractivity contribution in [2.24, 2.45) is 5.92 Å². The molecular formula is C16H16Cl2N4O. The molecule has 3 rings (SSSR count). The van der Waals surface area contributed by atoms with E-state index in [2.05, 4.69) is 20.3 Å². The van der Waals surface area contributed by atoms with Gasteiger partial charge in [0.2, 0.25) is 0 Å². The summed E-state index contributed by atoms with van der Waals surface area (Å²) in [6.07, 6.45) is 0. The van der Waals surface area contributed by atoms with Crippen molar-refractivity contribution in [3.8, 4) is 0 Å². The molecule has 3 N–H and O–H groups in total. The predicted octanol–water partition coefficient (Wildman–Crippen LogP) is 4.32. The van der Waals surface area contributed by atoms with Crippen LogP contribution in [0, 0.1) is 5.92 Å². The maximum atomic E-state index is 12.4. The summed E-state index contributed by atoms with van der Waals surface area (Å²) in [6, 6.07) is 9.01. The average molecular weight is 351 g/mol. The maximum Gasteiger partial charge on any atom is 0.268 e. The van der Waals surface area contributed by atoms with E-state index in [1.54, 1.807) is 0 Å². The molecule has 0 bridgehead atoms. The molecule has 0 radical (unpaired) electrons. The first-order valence-corrected chi connectivity index (χ1v) is 8.01. The van der Waals surface area contributed by atoms with Crippen molar-refractivity contribution in [2.45, 2.75) is 19.9 Å². The van der Waals surface area contributed by atoms with E-state index in [9.17, 15) is 4.79 Å². The number of amides is 1. The number of rotatable bonds is 4. The molecule has 0 aliphatic rings. The minimum atomic E-state index is -0.280. The largest absolute Gasteiger partial charge is 0.341 e. The van der Waals surface area contributed by atoms with Crippen molar-refractivity contribution in [1.82, 2.24) is 20.3 Å². The van der Waals surface area contributed by atoms with E-state index in [0.717, 1.165) is 16.9 Å². The Morgan fingerprint density at radius 2 is 1.96 bits per heavy atom. The number of nitrogens with one attached hydrogen (secondary N) is 3. The summed E-state index contributed by atoms with van der Waals surface area (Å²) in [5.41, 5.74) is 2.13. The van der Waals surface area contributed by atoms with E-state index >= 15 is 0 Å². The second-order valence-corrected chi connectivity index (χ2v) is 6.46. The van der Waals surface area contributed by atoms with E-state index < -0.39 is 0 Å². The Hall–Kier alpha value is -1.98. The van der Waals surface area contributed by atoms with E-state index in [-0.39, 0.29) is 23.0 Å². The van der Waals surface area contributed by atoms with Gasteiger partial charge in [-0.25, -0.2) is 4.98 Å². The van der Waals surface area contributed by atoms with E-state index in [0.29, 0.717) is 10.7 Å². The number of nitrogens with zero attached hydrogens (tertiary/aromatic N) is 1. The number of carbonyl (C=O) groups excluding carboxylic acids is 1. The van der Waals surface area contributed by atoms with E-state index in [4.69, 9.17) is 23.2 Å². The minimum absolute atomic E-state index is 0.153.